The van der Waals surface area contributed by atoms with Gasteiger partial charge in [-0.05, 0) is 30.7 Å². The molecule has 0 aliphatic carbocycles. The molecule has 0 unspecified atom stereocenters. The highest BCUT2D eigenvalue weighted by Crippen LogP contribution is 2.21. The van der Waals surface area contributed by atoms with Crippen LogP contribution >= 0.6 is 15.9 Å². The van der Waals surface area contributed by atoms with Gasteiger partial charge in [-0.15, -0.1) is 0 Å². The molecule has 0 radical (unpaired) electrons. The van der Waals surface area contributed by atoms with Crippen LogP contribution in [-0.4, -0.2) is 17.7 Å². The van der Waals surface area contributed by atoms with Gasteiger partial charge in [0.25, 0.3) is 0 Å². The van der Waals surface area contributed by atoms with Crippen molar-refractivity contribution in [1.82, 2.24) is 0 Å². The van der Waals surface area contributed by atoms with Crippen LogP contribution in [0.4, 0.5) is 0 Å². The third-order valence-corrected chi connectivity index (χ3v) is 2.73. The SMILES string of the molecule is C=C(COc1ccc(Br)c(C)c1)C(=O)O. The van der Waals surface area contributed by atoms with E-state index in [0.717, 1.165) is 10.0 Å². The standard InChI is InChI=1S/C11H11BrO3/c1-7-5-9(3-4-10(7)12)15-6-8(2)11(13)14/h3-5H,2,6H2,1H3,(H,13,14). The zero-order chi connectivity index (χ0) is 11.4. The second-order valence-electron chi connectivity index (χ2n) is 3.11. The molecule has 0 amide bonds. The molecule has 0 heterocycles. The molecule has 0 aliphatic rings. The predicted molar refractivity (Wildman–Crippen MR) is 61.1 cm³/mol. The van der Waals surface area contributed by atoms with E-state index in [1.807, 2.05) is 19.1 Å². The second kappa shape index (κ2) is 4.98. The van der Waals surface area contributed by atoms with Crippen molar-refractivity contribution in [1.29, 1.82) is 0 Å². The van der Waals surface area contributed by atoms with Gasteiger partial charge >= 0.3 is 5.97 Å². The quantitative estimate of drug-likeness (QED) is 0.856. The molecule has 1 rings (SSSR count). The number of rotatable bonds is 4. The summed E-state index contributed by atoms with van der Waals surface area (Å²) in [6.45, 7) is 5.31. The smallest absolute Gasteiger partial charge is 0.334 e. The van der Waals surface area contributed by atoms with Crippen LogP contribution in [0.15, 0.2) is 34.8 Å². The Hall–Kier alpha value is -1.29. The van der Waals surface area contributed by atoms with E-state index in [-0.39, 0.29) is 12.2 Å². The molecule has 4 heteroatoms. The maximum atomic E-state index is 10.5. The number of aryl methyl sites for hydroxylation is 1. The highest BCUT2D eigenvalue weighted by Gasteiger charge is 2.05. The maximum Gasteiger partial charge on any atom is 0.334 e. The number of carboxylic acids is 1. The van der Waals surface area contributed by atoms with Crippen molar-refractivity contribution in [2.24, 2.45) is 0 Å². The summed E-state index contributed by atoms with van der Waals surface area (Å²) in [4.78, 5) is 10.5. The molecule has 0 bridgehead atoms. The predicted octanol–water partition coefficient (Wildman–Crippen LogP) is 2.78. The largest absolute Gasteiger partial charge is 0.489 e. The number of hydrogen-bond donors (Lipinski definition) is 1. The molecule has 0 saturated heterocycles. The molecule has 0 fully saturated rings. The van der Waals surface area contributed by atoms with E-state index in [2.05, 4.69) is 22.5 Å². The molecular formula is C11H11BrO3. The molecule has 0 saturated carbocycles. The first kappa shape index (κ1) is 11.8. The van der Waals surface area contributed by atoms with Gasteiger partial charge in [0.2, 0.25) is 0 Å². The monoisotopic (exact) mass is 270 g/mol. The minimum Gasteiger partial charge on any atom is -0.489 e. The van der Waals surface area contributed by atoms with E-state index >= 15 is 0 Å². The summed E-state index contributed by atoms with van der Waals surface area (Å²) in [6.07, 6.45) is 0. The Kier molecular flexibility index (Phi) is 3.91. The summed E-state index contributed by atoms with van der Waals surface area (Å²) in [5.74, 6) is -0.401. The lowest BCUT2D eigenvalue weighted by Crippen LogP contribution is -2.08. The van der Waals surface area contributed by atoms with Gasteiger partial charge in [0.05, 0.1) is 5.57 Å². The maximum absolute atomic E-state index is 10.5. The summed E-state index contributed by atoms with van der Waals surface area (Å²) < 4.78 is 6.26. The van der Waals surface area contributed by atoms with Crippen molar-refractivity contribution >= 4 is 21.9 Å². The Morgan fingerprint density at radius 3 is 2.80 bits per heavy atom. The van der Waals surface area contributed by atoms with Crippen LogP contribution in [0.5, 0.6) is 5.75 Å². The molecule has 80 valence electrons. The number of aliphatic carboxylic acids is 1. The summed E-state index contributed by atoms with van der Waals surface area (Å²) in [6, 6.07) is 5.46. The molecule has 0 aromatic heterocycles. The first-order valence-corrected chi connectivity index (χ1v) is 5.10. The molecule has 0 spiro atoms. The van der Waals surface area contributed by atoms with E-state index in [9.17, 15) is 4.79 Å². The first-order valence-electron chi connectivity index (χ1n) is 4.30. The van der Waals surface area contributed by atoms with Gasteiger partial charge in [0.1, 0.15) is 12.4 Å². The van der Waals surface area contributed by atoms with Crippen LogP contribution in [0.1, 0.15) is 5.56 Å². The highest BCUT2D eigenvalue weighted by atomic mass is 79.9. The highest BCUT2D eigenvalue weighted by molar-refractivity contribution is 9.10. The number of carboxylic acid groups (broad SMARTS) is 1. The van der Waals surface area contributed by atoms with Gasteiger partial charge in [0, 0.05) is 4.47 Å². The minimum atomic E-state index is -1.04. The van der Waals surface area contributed by atoms with Crippen LogP contribution in [0.25, 0.3) is 0 Å². The van der Waals surface area contributed by atoms with Crippen LogP contribution < -0.4 is 4.74 Å². The van der Waals surface area contributed by atoms with Crippen LogP contribution in [0.3, 0.4) is 0 Å². The van der Waals surface area contributed by atoms with Crippen LogP contribution in [0.2, 0.25) is 0 Å². The van der Waals surface area contributed by atoms with Gasteiger partial charge < -0.3 is 9.84 Å². The lowest BCUT2D eigenvalue weighted by atomic mass is 10.2. The summed E-state index contributed by atoms with van der Waals surface area (Å²) in [7, 11) is 0. The van der Waals surface area contributed by atoms with E-state index in [1.165, 1.54) is 0 Å². The molecule has 1 aromatic carbocycles. The third kappa shape index (κ3) is 3.40. The summed E-state index contributed by atoms with van der Waals surface area (Å²) >= 11 is 3.37. The van der Waals surface area contributed by atoms with Crippen molar-refractivity contribution in [3.8, 4) is 5.75 Å². The Labute approximate surface area is 96.5 Å². The van der Waals surface area contributed by atoms with Crippen molar-refractivity contribution in [2.45, 2.75) is 6.92 Å². The molecular weight excluding hydrogens is 260 g/mol. The van der Waals surface area contributed by atoms with Gasteiger partial charge in [-0.3, -0.25) is 0 Å². The molecule has 0 aliphatic heterocycles. The topological polar surface area (TPSA) is 46.5 Å². The first-order chi connectivity index (χ1) is 7.00. The Balaban J connectivity index is 2.62. The average Bonchev–Trinajstić information content (AvgIpc) is 2.19. The second-order valence-corrected chi connectivity index (χ2v) is 3.96. The molecule has 1 aromatic rings. The minimum absolute atomic E-state index is 0.00357. The van der Waals surface area contributed by atoms with Gasteiger partial charge in [0.15, 0.2) is 0 Å². The average molecular weight is 271 g/mol. The summed E-state index contributed by atoms with van der Waals surface area (Å²) in [5, 5.41) is 8.57. The number of carbonyl (C=O) groups is 1. The zero-order valence-electron chi connectivity index (χ0n) is 8.29. The molecule has 1 N–H and O–H groups in total. The molecule has 0 atom stereocenters. The number of benzene rings is 1. The van der Waals surface area contributed by atoms with Gasteiger partial charge in [-0.2, -0.15) is 0 Å². The van der Waals surface area contributed by atoms with E-state index in [0.29, 0.717) is 5.75 Å². The number of halogens is 1. The van der Waals surface area contributed by atoms with Crippen molar-refractivity contribution in [3.05, 3.63) is 40.4 Å². The van der Waals surface area contributed by atoms with Gasteiger partial charge in [-0.1, -0.05) is 22.5 Å². The molecule has 15 heavy (non-hydrogen) atoms. The lowest BCUT2D eigenvalue weighted by Gasteiger charge is -2.07. The Bertz CT molecular complexity index is 399. The third-order valence-electron chi connectivity index (χ3n) is 1.84. The Morgan fingerprint density at radius 1 is 1.60 bits per heavy atom. The van der Waals surface area contributed by atoms with E-state index < -0.39 is 5.97 Å². The summed E-state index contributed by atoms with van der Waals surface area (Å²) in [5.41, 5.74) is 1.07. The fourth-order valence-corrected chi connectivity index (χ4v) is 1.19. The van der Waals surface area contributed by atoms with E-state index in [4.69, 9.17) is 9.84 Å². The Morgan fingerprint density at radius 2 is 2.27 bits per heavy atom. The zero-order valence-corrected chi connectivity index (χ0v) is 9.87. The van der Waals surface area contributed by atoms with Crippen molar-refractivity contribution in [3.63, 3.8) is 0 Å². The van der Waals surface area contributed by atoms with E-state index in [1.54, 1.807) is 6.07 Å². The fraction of sp³-hybridized carbons (Fsp3) is 0.182. The van der Waals surface area contributed by atoms with Crippen molar-refractivity contribution in [2.75, 3.05) is 6.61 Å². The lowest BCUT2D eigenvalue weighted by molar-refractivity contribution is -0.133. The fourth-order valence-electron chi connectivity index (χ4n) is 0.939. The van der Waals surface area contributed by atoms with Crippen LogP contribution in [0, 0.1) is 6.92 Å². The number of hydrogen-bond acceptors (Lipinski definition) is 2. The van der Waals surface area contributed by atoms with Crippen LogP contribution in [-0.2, 0) is 4.79 Å². The number of ether oxygens (including phenoxy) is 1. The normalized spacial score (nSPS) is 9.73. The van der Waals surface area contributed by atoms with Gasteiger partial charge in [-0.25, -0.2) is 4.79 Å². The molecule has 3 nitrogen and oxygen atoms in total. The van der Waals surface area contributed by atoms with Crippen molar-refractivity contribution < 1.29 is 14.6 Å².